The average molecular weight is 334 g/mol. The van der Waals surface area contributed by atoms with Gasteiger partial charge in [-0.3, -0.25) is 5.32 Å². The predicted molar refractivity (Wildman–Crippen MR) is 93.5 cm³/mol. The number of anilines is 3. The number of nitrogens with zero attached hydrogens (tertiary/aromatic N) is 2. The minimum atomic E-state index is -0.313. The standard InChI is InChI=1S/C16H20ClN5O/c1-9(2)18-16(23)20-14-6-5-13(21-22-14)19-15-11(4)7-10(3)8-12(15)17/h5-9H,1-4H3,(H,19,21)(H2,18,20,22,23). The zero-order valence-corrected chi connectivity index (χ0v) is 14.3. The fourth-order valence-electron chi connectivity index (χ4n) is 2.08. The van der Waals surface area contributed by atoms with Crippen molar-refractivity contribution in [3.8, 4) is 0 Å². The summed E-state index contributed by atoms with van der Waals surface area (Å²) in [6.45, 7) is 7.73. The summed E-state index contributed by atoms with van der Waals surface area (Å²) in [6, 6.07) is 7.06. The lowest BCUT2D eigenvalue weighted by Crippen LogP contribution is -2.34. The monoisotopic (exact) mass is 333 g/mol. The van der Waals surface area contributed by atoms with Gasteiger partial charge in [0.15, 0.2) is 11.6 Å². The molecule has 2 amide bonds. The number of carbonyl (C=O) groups is 1. The van der Waals surface area contributed by atoms with Crippen LogP contribution in [0, 0.1) is 13.8 Å². The third-order valence-electron chi connectivity index (χ3n) is 3.01. The fourth-order valence-corrected chi connectivity index (χ4v) is 2.45. The van der Waals surface area contributed by atoms with E-state index < -0.39 is 0 Å². The fraction of sp³-hybridized carbons (Fsp3) is 0.312. The van der Waals surface area contributed by atoms with Gasteiger partial charge in [-0.05, 0) is 57.0 Å². The van der Waals surface area contributed by atoms with Crippen molar-refractivity contribution in [1.82, 2.24) is 15.5 Å². The summed E-state index contributed by atoms with van der Waals surface area (Å²) in [6.07, 6.45) is 0. The van der Waals surface area contributed by atoms with Crippen molar-refractivity contribution in [3.05, 3.63) is 40.4 Å². The minimum Gasteiger partial charge on any atom is -0.337 e. The van der Waals surface area contributed by atoms with Crippen LogP contribution >= 0.6 is 11.6 Å². The Balaban J connectivity index is 2.07. The van der Waals surface area contributed by atoms with Gasteiger partial charge >= 0.3 is 6.03 Å². The van der Waals surface area contributed by atoms with Gasteiger partial charge in [0.2, 0.25) is 0 Å². The van der Waals surface area contributed by atoms with E-state index in [2.05, 4.69) is 26.1 Å². The number of aryl methyl sites for hydroxylation is 2. The molecule has 0 spiro atoms. The molecule has 0 aliphatic heterocycles. The first-order chi connectivity index (χ1) is 10.8. The summed E-state index contributed by atoms with van der Waals surface area (Å²) in [4.78, 5) is 11.6. The topological polar surface area (TPSA) is 78.9 Å². The summed E-state index contributed by atoms with van der Waals surface area (Å²) in [5, 5.41) is 17.1. The zero-order chi connectivity index (χ0) is 17.0. The Labute approximate surface area is 140 Å². The molecule has 6 nitrogen and oxygen atoms in total. The van der Waals surface area contributed by atoms with Gasteiger partial charge in [-0.15, -0.1) is 10.2 Å². The number of nitrogens with one attached hydrogen (secondary N) is 3. The van der Waals surface area contributed by atoms with E-state index in [1.54, 1.807) is 12.1 Å². The molecule has 0 aliphatic carbocycles. The van der Waals surface area contributed by atoms with Gasteiger partial charge in [-0.2, -0.15) is 0 Å². The van der Waals surface area contributed by atoms with Crippen molar-refractivity contribution in [3.63, 3.8) is 0 Å². The van der Waals surface area contributed by atoms with Gasteiger partial charge in [-0.25, -0.2) is 4.79 Å². The van der Waals surface area contributed by atoms with Crippen LogP contribution in [-0.4, -0.2) is 22.3 Å². The highest BCUT2D eigenvalue weighted by molar-refractivity contribution is 6.33. The molecule has 2 rings (SSSR count). The lowest BCUT2D eigenvalue weighted by Gasteiger charge is -2.12. The molecule has 0 aliphatic rings. The van der Waals surface area contributed by atoms with Crippen LogP contribution < -0.4 is 16.0 Å². The molecule has 1 aromatic heterocycles. The lowest BCUT2D eigenvalue weighted by atomic mass is 10.1. The van der Waals surface area contributed by atoms with E-state index in [1.165, 1.54) is 0 Å². The Morgan fingerprint density at radius 3 is 2.35 bits per heavy atom. The Morgan fingerprint density at radius 1 is 1.13 bits per heavy atom. The van der Waals surface area contributed by atoms with E-state index in [0.29, 0.717) is 16.7 Å². The Hall–Kier alpha value is -2.34. The van der Waals surface area contributed by atoms with Crippen LogP contribution in [0.15, 0.2) is 24.3 Å². The van der Waals surface area contributed by atoms with E-state index in [4.69, 9.17) is 11.6 Å². The zero-order valence-electron chi connectivity index (χ0n) is 13.6. The van der Waals surface area contributed by atoms with Gasteiger partial charge in [-0.1, -0.05) is 17.7 Å². The van der Waals surface area contributed by atoms with E-state index in [0.717, 1.165) is 16.8 Å². The van der Waals surface area contributed by atoms with Gasteiger partial charge in [0.05, 0.1) is 10.7 Å². The highest BCUT2D eigenvalue weighted by Crippen LogP contribution is 2.29. The molecule has 0 saturated carbocycles. The molecule has 0 saturated heterocycles. The van der Waals surface area contributed by atoms with Gasteiger partial charge in [0.25, 0.3) is 0 Å². The molecule has 0 fully saturated rings. The molecule has 0 atom stereocenters. The number of urea groups is 1. The molecule has 3 N–H and O–H groups in total. The van der Waals surface area contributed by atoms with Crippen molar-refractivity contribution in [2.75, 3.05) is 10.6 Å². The summed E-state index contributed by atoms with van der Waals surface area (Å²) < 4.78 is 0. The predicted octanol–water partition coefficient (Wildman–Crippen LogP) is 4.02. The number of hydrogen-bond acceptors (Lipinski definition) is 4. The quantitative estimate of drug-likeness (QED) is 0.789. The smallest absolute Gasteiger partial charge is 0.320 e. The normalized spacial score (nSPS) is 10.5. The van der Waals surface area contributed by atoms with Crippen LogP contribution in [0.4, 0.5) is 22.1 Å². The number of aromatic nitrogens is 2. The first-order valence-electron chi connectivity index (χ1n) is 7.30. The van der Waals surface area contributed by atoms with Crippen molar-refractivity contribution >= 4 is 35.0 Å². The number of halogens is 1. The highest BCUT2D eigenvalue weighted by Gasteiger charge is 2.08. The highest BCUT2D eigenvalue weighted by atomic mass is 35.5. The Kier molecular flexibility index (Phi) is 5.39. The van der Waals surface area contributed by atoms with Crippen molar-refractivity contribution in [2.24, 2.45) is 0 Å². The van der Waals surface area contributed by atoms with Crippen LogP contribution in [0.1, 0.15) is 25.0 Å². The minimum absolute atomic E-state index is 0.0514. The van der Waals surface area contributed by atoms with Gasteiger partial charge in [0, 0.05) is 6.04 Å². The molecule has 0 unspecified atom stereocenters. The molecular formula is C16H20ClN5O. The van der Waals surface area contributed by atoms with E-state index in [-0.39, 0.29) is 12.1 Å². The first-order valence-corrected chi connectivity index (χ1v) is 7.68. The second-order valence-electron chi connectivity index (χ2n) is 5.62. The van der Waals surface area contributed by atoms with Crippen LogP contribution in [0.25, 0.3) is 0 Å². The maximum Gasteiger partial charge on any atom is 0.320 e. The number of carbonyl (C=O) groups excluding carboxylic acids is 1. The number of benzene rings is 1. The third kappa shape index (κ3) is 4.82. The van der Waals surface area contributed by atoms with E-state index >= 15 is 0 Å². The number of hydrogen-bond donors (Lipinski definition) is 3. The van der Waals surface area contributed by atoms with Crippen molar-refractivity contribution in [2.45, 2.75) is 33.7 Å². The van der Waals surface area contributed by atoms with Crippen LogP contribution in [-0.2, 0) is 0 Å². The largest absolute Gasteiger partial charge is 0.337 e. The molecule has 2 aromatic rings. The molecule has 1 heterocycles. The van der Waals surface area contributed by atoms with Crippen LogP contribution in [0.2, 0.25) is 5.02 Å². The second-order valence-corrected chi connectivity index (χ2v) is 6.03. The summed E-state index contributed by atoms with van der Waals surface area (Å²) >= 11 is 6.26. The number of rotatable bonds is 4. The molecule has 7 heteroatoms. The molecule has 0 radical (unpaired) electrons. The van der Waals surface area contributed by atoms with Gasteiger partial charge in [0.1, 0.15) is 0 Å². The van der Waals surface area contributed by atoms with Crippen molar-refractivity contribution < 1.29 is 4.79 Å². The third-order valence-corrected chi connectivity index (χ3v) is 3.31. The Bertz CT molecular complexity index is 677. The first kappa shape index (κ1) is 17.0. The summed E-state index contributed by atoms with van der Waals surface area (Å²) in [7, 11) is 0. The lowest BCUT2D eigenvalue weighted by molar-refractivity contribution is 0.250. The number of amides is 2. The van der Waals surface area contributed by atoms with Crippen molar-refractivity contribution in [1.29, 1.82) is 0 Å². The molecule has 23 heavy (non-hydrogen) atoms. The molecule has 1 aromatic carbocycles. The maximum absolute atomic E-state index is 11.6. The molecule has 122 valence electrons. The maximum atomic E-state index is 11.6. The molecule has 0 bridgehead atoms. The van der Waals surface area contributed by atoms with Crippen LogP contribution in [0.3, 0.4) is 0 Å². The summed E-state index contributed by atoms with van der Waals surface area (Å²) in [5.41, 5.74) is 2.92. The van der Waals surface area contributed by atoms with Gasteiger partial charge < -0.3 is 10.6 Å². The SMILES string of the molecule is Cc1cc(C)c(Nc2ccc(NC(=O)NC(C)C)nn2)c(Cl)c1. The summed E-state index contributed by atoms with van der Waals surface area (Å²) in [5.74, 6) is 0.925. The second kappa shape index (κ2) is 7.28. The van der Waals surface area contributed by atoms with E-state index in [1.807, 2.05) is 39.8 Å². The van der Waals surface area contributed by atoms with E-state index in [9.17, 15) is 4.79 Å². The van der Waals surface area contributed by atoms with Crippen LogP contribution in [0.5, 0.6) is 0 Å². The average Bonchev–Trinajstić information content (AvgIpc) is 2.43. The Morgan fingerprint density at radius 2 is 1.78 bits per heavy atom. The molecular weight excluding hydrogens is 314 g/mol.